The Kier molecular flexibility index (Phi) is 3.43. The van der Waals surface area contributed by atoms with Crippen LogP contribution in [-0.2, 0) is 0 Å². The van der Waals surface area contributed by atoms with Gasteiger partial charge in [-0.05, 0) is 36.8 Å². The molecule has 0 aliphatic heterocycles. The largest absolute Gasteiger partial charge is 0.353 e. The minimum absolute atomic E-state index is 0.0930. The lowest BCUT2D eigenvalue weighted by Gasteiger charge is -2.09. The predicted molar refractivity (Wildman–Crippen MR) is 65.5 cm³/mol. The topological polar surface area (TPSA) is 35.8 Å². The van der Waals surface area contributed by atoms with E-state index in [1.54, 1.807) is 6.07 Å². The Morgan fingerprint density at radius 2 is 1.74 bits per heavy atom. The van der Waals surface area contributed by atoms with Crippen LogP contribution >= 0.6 is 0 Å². The first-order chi connectivity index (χ1) is 8.99. The molecule has 0 heterocycles. The maximum atomic E-state index is 13.6. The summed E-state index contributed by atoms with van der Waals surface area (Å²) >= 11 is 0. The molecule has 0 spiro atoms. The fraction of sp³-hybridized carbons (Fsp3) is 0.0714. The third-order valence-corrected chi connectivity index (χ3v) is 2.55. The molecular weight excluding hydrogens is 253 g/mol. The quantitative estimate of drug-likeness (QED) is 0.887. The molecule has 2 nitrogen and oxygen atoms in total. The molecule has 2 aromatic rings. The fourth-order valence-corrected chi connectivity index (χ4v) is 1.62. The molecule has 2 aromatic carbocycles. The average Bonchev–Trinajstić information content (AvgIpc) is 2.35. The summed E-state index contributed by atoms with van der Waals surface area (Å²) in [5.41, 5.74) is 0.340. The number of nitrogens with zero attached hydrogens (tertiary/aromatic N) is 1. The molecule has 0 fully saturated rings. The van der Waals surface area contributed by atoms with Crippen molar-refractivity contribution in [3.8, 4) is 6.07 Å². The van der Waals surface area contributed by atoms with Gasteiger partial charge in [0.15, 0.2) is 0 Å². The number of hydrogen-bond acceptors (Lipinski definition) is 2. The van der Waals surface area contributed by atoms with E-state index in [4.69, 9.17) is 5.26 Å². The van der Waals surface area contributed by atoms with Crippen LogP contribution in [0.5, 0.6) is 0 Å². The van der Waals surface area contributed by atoms with E-state index < -0.39 is 17.5 Å². The number of anilines is 2. The maximum absolute atomic E-state index is 13.6. The summed E-state index contributed by atoms with van der Waals surface area (Å²) < 4.78 is 40.2. The molecule has 0 aliphatic carbocycles. The zero-order valence-electron chi connectivity index (χ0n) is 9.97. The molecule has 1 N–H and O–H groups in total. The van der Waals surface area contributed by atoms with Crippen molar-refractivity contribution in [2.24, 2.45) is 0 Å². The van der Waals surface area contributed by atoms with Crippen LogP contribution in [0.1, 0.15) is 11.1 Å². The standard InChI is InChI=1S/C14H9F3N2/c1-8-2-13(17)14(6-12(8)16)19-11-4-9(7-18)3-10(15)5-11/h2-6,19H,1H3. The van der Waals surface area contributed by atoms with E-state index >= 15 is 0 Å². The van der Waals surface area contributed by atoms with Gasteiger partial charge in [-0.25, -0.2) is 13.2 Å². The Bertz CT molecular complexity index is 675. The Morgan fingerprint density at radius 3 is 2.42 bits per heavy atom. The number of nitriles is 1. The lowest BCUT2D eigenvalue weighted by atomic mass is 10.1. The van der Waals surface area contributed by atoms with Crippen molar-refractivity contribution in [1.82, 2.24) is 0 Å². The van der Waals surface area contributed by atoms with Crippen molar-refractivity contribution < 1.29 is 13.2 Å². The second-order valence-electron chi connectivity index (χ2n) is 4.05. The first-order valence-corrected chi connectivity index (χ1v) is 5.43. The van der Waals surface area contributed by atoms with Crippen LogP contribution in [0.25, 0.3) is 0 Å². The third-order valence-electron chi connectivity index (χ3n) is 2.55. The van der Waals surface area contributed by atoms with Gasteiger partial charge in [-0.2, -0.15) is 5.26 Å². The van der Waals surface area contributed by atoms with Crippen molar-refractivity contribution in [2.75, 3.05) is 5.32 Å². The van der Waals surface area contributed by atoms with Gasteiger partial charge >= 0.3 is 0 Å². The number of hydrogen-bond donors (Lipinski definition) is 1. The summed E-state index contributed by atoms with van der Waals surface area (Å²) in [5, 5.41) is 11.3. The highest BCUT2D eigenvalue weighted by Gasteiger charge is 2.08. The molecule has 19 heavy (non-hydrogen) atoms. The molecule has 0 radical (unpaired) electrons. The van der Waals surface area contributed by atoms with Crippen LogP contribution in [0, 0.1) is 35.7 Å². The summed E-state index contributed by atoms with van der Waals surface area (Å²) in [7, 11) is 0. The smallest absolute Gasteiger partial charge is 0.147 e. The maximum Gasteiger partial charge on any atom is 0.147 e. The third kappa shape index (κ3) is 2.86. The van der Waals surface area contributed by atoms with Gasteiger partial charge < -0.3 is 5.32 Å². The second-order valence-corrected chi connectivity index (χ2v) is 4.05. The van der Waals surface area contributed by atoms with Crippen molar-refractivity contribution in [1.29, 1.82) is 5.26 Å². The molecule has 96 valence electrons. The van der Waals surface area contributed by atoms with Gasteiger partial charge in [-0.3, -0.25) is 0 Å². The minimum atomic E-state index is -0.651. The van der Waals surface area contributed by atoms with Gasteiger partial charge in [-0.15, -0.1) is 0 Å². The average molecular weight is 262 g/mol. The molecule has 0 aliphatic rings. The van der Waals surface area contributed by atoms with Crippen LogP contribution in [0.15, 0.2) is 30.3 Å². The van der Waals surface area contributed by atoms with Gasteiger partial charge in [0.2, 0.25) is 0 Å². The Morgan fingerprint density at radius 1 is 1.00 bits per heavy atom. The number of benzene rings is 2. The van der Waals surface area contributed by atoms with E-state index in [9.17, 15) is 13.2 Å². The van der Waals surface area contributed by atoms with Crippen LogP contribution in [-0.4, -0.2) is 0 Å². The van der Waals surface area contributed by atoms with Gasteiger partial charge in [0.1, 0.15) is 17.5 Å². The van der Waals surface area contributed by atoms with E-state index in [2.05, 4.69) is 5.32 Å². The summed E-state index contributed by atoms with van der Waals surface area (Å²) in [6, 6.07) is 7.31. The molecular formula is C14H9F3N2. The number of rotatable bonds is 2. The van der Waals surface area contributed by atoms with Crippen molar-refractivity contribution in [2.45, 2.75) is 6.92 Å². The number of aryl methyl sites for hydroxylation is 1. The first kappa shape index (κ1) is 13.0. The normalized spacial score (nSPS) is 10.1. The van der Waals surface area contributed by atoms with Gasteiger partial charge in [0.25, 0.3) is 0 Å². The molecule has 0 bridgehead atoms. The minimum Gasteiger partial charge on any atom is -0.353 e. The van der Waals surface area contributed by atoms with Crippen LogP contribution < -0.4 is 5.32 Å². The van der Waals surface area contributed by atoms with E-state index in [-0.39, 0.29) is 22.5 Å². The molecule has 5 heteroatoms. The molecule has 0 saturated heterocycles. The van der Waals surface area contributed by atoms with Crippen LogP contribution in [0.2, 0.25) is 0 Å². The van der Waals surface area contributed by atoms with Crippen LogP contribution in [0.3, 0.4) is 0 Å². The summed E-state index contributed by atoms with van der Waals surface area (Å²) in [5.74, 6) is -1.85. The number of nitrogens with one attached hydrogen (secondary N) is 1. The molecule has 0 aromatic heterocycles. The summed E-state index contributed by atoms with van der Waals surface area (Å²) in [4.78, 5) is 0. The van der Waals surface area contributed by atoms with Crippen LogP contribution in [0.4, 0.5) is 24.5 Å². The Labute approximate surface area is 108 Å². The summed E-state index contributed by atoms with van der Waals surface area (Å²) in [6.45, 7) is 1.44. The van der Waals surface area contributed by atoms with Gasteiger partial charge in [-0.1, -0.05) is 0 Å². The van der Waals surface area contributed by atoms with Gasteiger partial charge in [0, 0.05) is 11.8 Å². The van der Waals surface area contributed by atoms with E-state index in [1.165, 1.54) is 13.0 Å². The molecule has 2 rings (SSSR count). The first-order valence-electron chi connectivity index (χ1n) is 5.43. The Balaban J connectivity index is 2.39. The summed E-state index contributed by atoms with van der Waals surface area (Å²) in [6.07, 6.45) is 0. The highest BCUT2D eigenvalue weighted by Crippen LogP contribution is 2.24. The molecule has 0 saturated carbocycles. The predicted octanol–water partition coefficient (Wildman–Crippen LogP) is 4.03. The lowest BCUT2D eigenvalue weighted by molar-refractivity contribution is 0.595. The number of halogens is 3. The highest BCUT2D eigenvalue weighted by atomic mass is 19.1. The van der Waals surface area contributed by atoms with E-state index in [0.717, 1.165) is 24.3 Å². The molecule has 0 amide bonds. The van der Waals surface area contributed by atoms with Crippen molar-refractivity contribution >= 4 is 11.4 Å². The zero-order valence-corrected chi connectivity index (χ0v) is 9.97. The lowest BCUT2D eigenvalue weighted by Crippen LogP contribution is -1.97. The Hall–Kier alpha value is -2.48. The second kappa shape index (κ2) is 5.02. The SMILES string of the molecule is Cc1cc(F)c(Nc2cc(F)cc(C#N)c2)cc1F. The zero-order chi connectivity index (χ0) is 14.0. The van der Waals surface area contributed by atoms with E-state index in [1.807, 2.05) is 0 Å². The van der Waals surface area contributed by atoms with Gasteiger partial charge in [0.05, 0.1) is 17.3 Å². The highest BCUT2D eigenvalue weighted by molar-refractivity contribution is 5.62. The monoisotopic (exact) mass is 262 g/mol. The fourth-order valence-electron chi connectivity index (χ4n) is 1.62. The molecule has 0 unspecified atom stereocenters. The van der Waals surface area contributed by atoms with E-state index in [0.29, 0.717) is 0 Å². The molecule has 0 atom stereocenters. The van der Waals surface area contributed by atoms with Crippen molar-refractivity contribution in [3.05, 3.63) is 58.9 Å². The van der Waals surface area contributed by atoms with Crippen molar-refractivity contribution in [3.63, 3.8) is 0 Å².